The molecule has 1 aliphatic rings. The number of nitrogens with one attached hydrogen (secondary N) is 3. The number of carboxylic acid groups (broad SMARTS) is 1. The molecule has 0 fully saturated rings. The van der Waals surface area contributed by atoms with Crippen LogP contribution in [0.4, 0.5) is 16.2 Å². The van der Waals surface area contributed by atoms with Crippen LogP contribution >= 0.6 is 0 Å². The quantitative estimate of drug-likeness (QED) is 0.446. The summed E-state index contributed by atoms with van der Waals surface area (Å²) < 4.78 is 0. The number of para-hydroxylation sites is 2. The van der Waals surface area contributed by atoms with E-state index in [0.29, 0.717) is 11.4 Å². The number of fused-ring (bicyclic) bond motifs is 1. The first-order chi connectivity index (χ1) is 13.6. The fourth-order valence-electron chi connectivity index (χ4n) is 2.99. The van der Waals surface area contributed by atoms with Gasteiger partial charge < -0.3 is 26.2 Å². The number of aliphatic carboxylic acids is 1. The molecule has 1 heterocycles. The minimum atomic E-state index is -1.50. The predicted molar refractivity (Wildman–Crippen MR) is 105 cm³/mol. The van der Waals surface area contributed by atoms with Gasteiger partial charge in [-0.05, 0) is 31.4 Å². The van der Waals surface area contributed by atoms with Crippen molar-refractivity contribution in [3.05, 3.63) is 24.3 Å². The number of carbonyl (C=O) groups excluding carboxylic acids is 3. The number of hydrogen-bond donors (Lipinski definition) is 5. The molecule has 10 nitrogen and oxygen atoms in total. The van der Waals surface area contributed by atoms with Crippen LogP contribution in [0.5, 0.6) is 0 Å². The Labute approximate surface area is 168 Å². The Hall–Kier alpha value is -3.14. The van der Waals surface area contributed by atoms with Crippen molar-refractivity contribution < 1.29 is 29.4 Å². The molecule has 0 bridgehead atoms. The molecule has 4 amide bonds. The van der Waals surface area contributed by atoms with Crippen LogP contribution in [0.3, 0.4) is 0 Å². The van der Waals surface area contributed by atoms with Crippen molar-refractivity contribution in [2.75, 3.05) is 16.8 Å². The van der Waals surface area contributed by atoms with Gasteiger partial charge in [-0.3, -0.25) is 14.5 Å². The Kier molecular flexibility index (Phi) is 7.16. The van der Waals surface area contributed by atoms with Crippen LogP contribution < -0.4 is 20.9 Å². The molecule has 158 valence electrons. The highest BCUT2D eigenvalue weighted by Gasteiger charge is 2.32. The van der Waals surface area contributed by atoms with E-state index < -0.39 is 36.1 Å². The molecule has 0 saturated carbocycles. The third-order valence-corrected chi connectivity index (χ3v) is 4.38. The molecule has 0 radical (unpaired) electrons. The Bertz CT molecular complexity index is 795. The Balaban J connectivity index is 2.19. The lowest BCUT2D eigenvalue weighted by molar-refractivity contribution is -0.145. The summed E-state index contributed by atoms with van der Waals surface area (Å²) >= 11 is 0. The van der Waals surface area contributed by atoms with E-state index in [-0.39, 0.29) is 24.8 Å². The second kappa shape index (κ2) is 9.37. The van der Waals surface area contributed by atoms with Gasteiger partial charge in [-0.25, -0.2) is 9.59 Å². The topological polar surface area (TPSA) is 148 Å². The zero-order valence-corrected chi connectivity index (χ0v) is 16.5. The van der Waals surface area contributed by atoms with E-state index in [1.54, 1.807) is 24.3 Å². The monoisotopic (exact) mass is 406 g/mol. The highest BCUT2D eigenvalue weighted by molar-refractivity contribution is 6.10. The molecule has 3 atom stereocenters. The number of carboxylic acids is 1. The molecule has 0 aromatic heterocycles. The van der Waals surface area contributed by atoms with Crippen molar-refractivity contribution >= 4 is 35.2 Å². The molecule has 1 aromatic rings. The van der Waals surface area contributed by atoms with Crippen LogP contribution in [0.15, 0.2) is 24.3 Å². The first-order valence-corrected chi connectivity index (χ1v) is 9.28. The molecule has 1 aliphatic heterocycles. The minimum absolute atomic E-state index is 0.0119. The summed E-state index contributed by atoms with van der Waals surface area (Å²) in [6, 6.07) is 3.56. The molecule has 0 aliphatic carbocycles. The lowest BCUT2D eigenvalue weighted by atomic mass is 10.0. The number of urea groups is 1. The van der Waals surface area contributed by atoms with Crippen LogP contribution in [0.25, 0.3) is 0 Å². The van der Waals surface area contributed by atoms with Crippen molar-refractivity contribution in [1.29, 1.82) is 0 Å². The average Bonchev–Trinajstić information content (AvgIpc) is 2.63. The first-order valence-electron chi connectivity index (χ1n) is 9.28. The number of aliphatic hydroxyl groups excluding tert-OH is 1. The molecule has 2 rings (SSSR count). The minimum Gasteiger partial charge on any atom is -0.480 e. The summed E-state index contributed by atoms with van der Waals surface area (Å²) in [5.41, 5.74) is 0.963. The van der Waals surface area contributed by atoms with Gasteiger partial charge in [0, 0.05) is 0 Å². The average molecular weight is 406 g/mol. The van der Waals surface area contributed by atoms with E-state index in [9.17, 15) is 24.3 Å². The molecule has 1 unspecified atom stereocenters. The number of anilines is 2. The third kappa shape index (κ3) is 5.67. The van der Waals surface area contributed by atoms with Crippen LogP contribution in [-0.2, 0) is 14.4 Å². The van der Waals surface area contributed by atoms with Gasteiger partial charge in [0.25, 0.3) is 0 Å². The van der Waals surface area contributed by atoms with Gasteiger partial charge in [-0.15, -0.1) is 0 Å². The van der Waals surface area contributed by atoms with Crippen LogP contribution in [0.2, 0.25) is 0 Å². The molecule has 0 spiro atoms. The van der Waals surface area contributed by atoms with E-state index in [4.69, 9.17) is 5.11 Å². The maximum atomic E-state index is 12.8. The highest BCUT2D eigenvalue weighted by Crippen LogP contribution is 2.28. The normalized spacial score (nSPS) is 16.3. The van der Waals surface area contributed by atoms with Crippen LogP contribution in [-0.4, -0.2) is 58.8 Å². The lowest BCUT2D eigenvalue weighted by Crippen LogP contribution is -2.57. The fourth-order valence-corrected chi connectivity index (χ4v) is 2.99. The van der Waals surface area contributed by atoms with Crippen molar-refractivity contribution in [3.8, 4) is 0 Å². The Morgan fingerprint density at radius 2 is 1.83 bits per heavy atom. The molecule has 1 aromatic carbocycles. The van der Waals surface area contributed by atoms with Crippen molar-refractivity contribution in [3.63, 3.8) is 0 Å². The molecule has 5 N–H and O–H groups in total. The zero-order chi connectivity index (χ0) is 21.7. The Morgan fingerprint density at radius 3 is 2.41 bits per heavy atom. The maximum Gasteiger partial charge on any atom is 0.328 e. The van der Waals surface area contributed by atoms with Crippen molar-refractivity contribution in [2.45, 2.75) is 45.4 Å². The van der Waals surface area contributed by atoms with E-state index >= 15 is 0 Å². The van der Waals surface area contributed by atoms with Gasteiger partial charge >= 0.3 is 12.0 Å². The highest BCUT2D eigenvalue weighted by atomic mass is 16.4. The summed E-state index contributed by atoms with van der Waals surface area (Å²) in [6.45, 7) is 4.72. The largest absolute Gasteiger partial charge is 0.480 e. The maximum absolute atomic E-state index is 12.8. The predicted octanol–water partition coefficient (Wildman–Crippen LogP) is 0.520. The summed E-state index contributed by atoms with van der Waals surface area (Å²) in [6.07, 6.45) is -1.07. The van der Waals surface area contributed by atoms with Gasteiger partial charge in [-0.2, -0.15) is 0 Å². The SMILES string of the molecule is CC(C)C[C@H](NC(=O)N1CC(=O)Nc2ccccc21)C(=O)N[C@H](C(=O)O)C(C)O. The lowest BCUT2D eigenvalue weighted by Gasteiger charge is -2.31. The zero-order valence-electron chi connectivity index (χ0n) is 16.5. The smallest absolute Gasteiger partial charge is 0.328 e. The third-order valence-electron chi connectivity index (χ3n) is 4.38. The van der Waals surface area contributed by atoms with E-state index in [2.05, 4.69) is 16.0 Å². The number of aliphatic hydroxyl groups is 1. The van der Waals surface area contributed by atoms with Gasteiger partial charge in [0.1, 0.15) is 12.6 Å². The number of rotatable bonds is 7. The number of carbonyl (C=O) groups is 4. The van der Waals surface area contributed by atoms with E-state index in [0.717, 1.165) is 0 Å². The standard InChI is InChI=1S/C19H26N4O6/c1-10(2)8-13(17(26)22-16(11(3)24)18(27)28)21-19(29)23-9-15(25)20-12-6-4-5-7-14(12)23/h4-7,10-11,13,16,24H,8-9H2,1-3H3,(H,20,25)(H,21,29)(H,22,26)(H,27,28)/t11?,13-,16-/m0/s1. The molecular formula is C19H26N4O6. The van der Waals surface area contributed by atoms with Gasteiger partial charge in [0.2, 0.25) is 11.8 Å². The fraction of sp³-hybridized carbons (Fsp3) is 0.474. The number of nitrogens with zero attached hydrogens (tertiary/aromatic N) is 1. The Morgan fingerprint density at radius 1 is 1.17 bits per heavy atom. The second-order valence-electron chi connectivity index (χ2n) is 7.35. The van der Waals surface area contributed by atoms with Crippen LogP contribution in [0, 0.1) is 5.92 Å². The number of benzene rings is 1. The molecule has 10 heteroatoms. The summed E-state index contributed by atoms with van der Waals surface area (Å²) in [5.74, 6) is -2.47. The summed E-state index contributed by atoms with van der Waals surface area (Å²) in [7, 11) is 0. The number of amides is 4. The van der Waals surface area contributed by atoms with Gasteiger partial charge in [-0.1, -0.05) is 26.0 Å². The van der Waals surface area contributed by atoms with E-state index in [1.807, 2.05) is 13.8 Å². The van der Waals surface area contributed by atoms with Crippen molar-refractivity contribution in [1.82, 2.24) is 10.6 Å². The molecule has 0 saturated heterocycles. The summed E-state index contributed by atoms with van der Waals surface area (Å²) in [4.78, 5) is 49.9. The van der Waals surface area contributed by atoms with E-state index in [1.165, 1.54) is 11.8 Å². The second-order valence-corrected chi connectivity index (χ2v) is 7.35. The number of hydrogen-bond acceptors (Lipinski definition) is 5. The van der Waals surface area contributed by atoms with Crippen LogP contribution in [0.1, 0.15) is 27.2 Å². The molecular weight excluding hydrogens is 380 g/mol. The first kappa shape index (κ1) is 22.2. The summed E-state index contributed by atoms with van der Waals surface area (Å²) in [5, 5.41) is 26.3. The van der Waals surface area contributed by atoms with Gasteiger partial charge in [0.05, 0.1) is 17.5 Å². The molecule has 29 heavy (non-hydrogen) atoms. The van der Waals surface area contributed by atoms with Gasteiger partial charge in [0.15, 0.2) is 6.04 Å². The van der Waals surface area contributed by atoms with Crippen molar-refractivity contribution in [2.24, 2.45) is 5.92 Å².